The van der Waals surface area contributed by atoms with Crippen LogP contribution in [0.15, 0.2) is 36.2 Å². The van der Waals surface area contributed by atoms with Crippen LogP contribution in [0.3, 0.4) is 0 Å². The minimum atomic E-state index is -0.380. The molecule has 0 bridgehead atoms. The summed E-state index contributed by atoms with van der Waals surface area (Å²) in [6, 6.07) is 0.412. The molecular formula is C22H30N6O3. The molecule has 1 N–H and O–H groups in total. The predicted molar refractivity (Wildman–Crippen MR) is 120 cm³/mol. The maximum Gasteiger partial charge on any atom is 0.410 e. The van der Waals surface area contributed by atoms with Gasteiger partial charge in [-0.25, -0.2) is 9.31 Å². The Hall–Kier alpha value is -3.36. The second kappa shape index (κ2) is 8.79. The fourth-order valence-corrected chi connectivity index (χ4v) is 3.16. The molecule has 9 heteroatoms. The van der Waals surface area contributed by atoms with Gasteiger partial charge < -0.3 is 14.6 Å². The van der Waals surface area contributed by atoms with Gasteiger partial charge in [0.25, 0.3) is 5.56 Å². The summed E-state index contributed by atoms with van der Waals surface area (Å²) in [4.78, 5) is 28.1. The average molecular weight is 427 g/mol. The lowest BCUT2D eigenvalue weighted by Gasteiger charge is -2.35. The molecule has 1 amide bonds. The van der Waals surface area contributed by atoms with Crippen LogP contribution < -0.4 is 5.56 Å². The number of amides is 1. The first kappa shape index (κ1) is 22.3. The van der Waals surface area contributed by atoms with E-state index in [4.69, 9.17) is 4.74 Å². The molecule has 166 valence electrons. The molecule has 0 saturated heterocycles. The molecule has 4 rings (SSSR count). The van der Waals surface area contributed by atoms with Crippen LogP contribution in [-0.2, 0) is 11.8 Å². The predicted octanol–water partition coefficient (Wildman–Crippen LogP) is 3.47. The zero-order chi connectivity index (χ0) is 22.8. The number of nitrogens with zero attached hydrogens (tertiary/aromatic N) is 5. The average Bonchev–Trinajstić information content (AvgIpc) is 3.25. The quantitative estimate of drug-likeness (QED) is 0.692. The lowest BCUT2D eigenvalue weighted by molar-refractivity contribution is 0.0145. The van der Waals surface area contributed by atoms with E-state index in [1.807, 2.05) is 41.1 Å². The highest BCUT2D eigenvalue weighted by Crippen LogP contribution is 2.24. The third-order valence-corrected chi connectivity index (χ3v) is 5.08. The molecule has 0 spiro atoms. The Morgan fingerprint density at radius 1 is 1.29 bits per heavy atom. The topological polar surface area (TPSA) is 97.5 Å². The van der Waals surface area contributed by atoms with E-state index < -0.39 is 0 Å². The van der Waals surface area contributed by atoms with Gasteiger partial charge in [0.05, 0.1) is 24.3 Å². The first-order valence-corrected chi connectivity index (χ1v) is 10.3. The molecular weight excluding hydrogens is 396 g/mol. The zero-order valence-corrected chi connectivity index (χ0v) is 18.8. The van der Waals surface area contributed by atoms with E-state index in [1.54, 1.807) is 38.8 Å². The van der Waals surface area contributed by atoms with E-state index in [0.717, 1.165) is 18.4 Å². The Morgan fingerprint density at radius 2 is 2.00 bits per heavy atom. The smallest absolute Gasteiger partial charge is 0.410 e. The number of fused-ring (bicyclic) bond motifs is 1. The summed E-state index contributed by atoms with van der Waals surface area (Å²) in [6.45, 7) is 9.32. The van der Waals surface area contributed by atoms with Gasteiger partial charge in [0.15, 0.2) is 0 Å². The first-order valence-electron chi connectivity index (χ1n) is 10.3. The molecule has 3 aromatic rings. The molecule has 1 aliphatic rings. The largest absolute Gasteiger partial charge is 0.444 e. The van der Waals surface area contributed by atoms with Gasteiger partial charge in [0.1, 0.15) is 11.1 Å². The number of carbonyl (C=O) groups is 1. The lowest BCUT2D eigenvalue weighted by Crippen LogP contribution is -2.43. The number of hydrogen-bond donors (Lipinski definition) is 1. The van der Waals surface area contributed by atoms with Crippen LogP contribution in [0.1, 0.15) is 45.6 Å². The van der Waals surface area contributed by atoms with E-state index in [1.165, 1.54) is 6.42 Å². The second-order valence-electron chi connectivity index (χ2n) is 8.67. The van der Waals surface area contributed by atoms with Crippen molar-refractivity contribution in [3.63, 3.8) is 0 Å². The monoisotopic (exact) mass is 426 g/mol. The number of rotatable bonds is 3. The van der Waals surface area contributed by atoms with E-state index in [9.17, 15) is 9.59 Å². The molecule has 31 heavy (non-hydrogen) atoms. The minimum absolute atomic E-state index is 0.191. The highest BCUT2D eigenvalue weighted by atomic mass is 16.6. The molecule has 0 radical (unpaired) electrons. The summed E-state index contributed by atoms with van der Waals surface area (Å²) >= 11 is 0. The molecule has 1 fully saturated rings. The Morgan fingerprint density at radius 3 is 2.52 bits per heavy atom. The number of aryl methyl sites for hydroxylation is 1. The van der Waals surface area contributed by atoms with Crippen LogP contribution in [0.5, 0.6) is 0 Å². The van der Waals surface area contributed by atoms with Crippen molar-refractivity contribution in [2.45, 2.75) is 51.7 Å². The highest BCUT2D eigenvalue weighted by Gasteiger charge is 2.28. The van der Waals surface area contributed by atoms with Crippen molar-refractivity contribution in [2.24, 2.45) is 7.05 Å². The van der Waals surface area contributed by atoms with E-state index >= 15 is 0 Å². The van der Waals surface area contributed by atoms with Crippen molar-refractivity contribution in [1.82, 2.24) is 29.3 Å². The maximum absolute atomic E-state index is 12.0. The van der Waals surface area contributed by atoms with Gasteiger partial charge in [0, 0.05) is 37.5 Å². The number of aromatic nitrogens is 5. The van der Waals surface area contributed by atoms with Crippen LogP contribution in [-0.4, -0.2) is 54.1 Å². The minimum Gasteiger partial charge on any atom is -0.444 e. The van der Waals surface area contributed by atoms with Gasteiger partial charge in [-0.2, -0.15) is 10.2 Å². The number of hydrogen-bond acceptors (Lipinski definition) is 5. The van der Waals surface area contributed by atoms with Crippen molar-refractivity contribution in [2.75, 3.05) is 7.05 Å². The summed E-state index contributed by atoms with van der Waals surface area (Å²) in [5, 5.41) is 8.21. The van der Waals surface area contributed by atoms with Crippen molar-refractivity contribution >= 4 is 17.7 Å². The van der Waals surface area contributed by atoms with Gasteiger partial charge >= 0.3 is 6.09 Å². The summed E-state index contributed by atoms with van der Waals surface area (Å²) in [6.07, 6.45) is 11.8. The van der Waals surface area contributed by atoms with Gasteiger partial charge in [-0.15, -0.1) is 0 Å². The normalized spacial score (nSPS) is 13.8. The van der Waals surface area contributed by atoms with Crippen LogP contribution in [0.25, 0.3) is 22.9 Å². The lowest BCUT2D eigenvalue weighted by atomic mass is 9.92. The number of carbonyl (C=O) groups excluding carboxylic acids is 1. The molecule has 1 aliphatic carbocycles. The fraction of sp³-hybridized carbons (Fsp3) is 0.455. The SMILES string of the molecule is C=Cc1cnn2cc(-c3cnn(C)c3)[nH]c(=O)c12.CN(C(=O)OC(C)(C)C)C1CCC1. The number of nitrogens with one attached hydrogen (secondary N) is 1. The maximum atomic E-state index is 12.0. The van der Waals surface area contributed by atoms with Crippen molar-refractivity contribution in [1.29, 1.82) is 0 Å². The Labute approximate surface area is 181 Å². The fourth-order valence-electron chi connectivity index (χ4n) is 3.16. The molecule has 3 aromatic heterocycles. The molecule has 9 nitrogen and oxygen atoms in total. The molecule has 0 aromatic carbocycles. The Bertz CT molecular complexity index is 1130. The third-order valence-electron chi connectivity index (χ3n) is 5.08. The van der Waals surface area contributed by atoms with Crippen molar-refractivity contribution in [3.05, 3.63) is 47.3 Å². The van der Waals surface area contributed by atoms with Gasteiger partial charge in [-0.1, -0.05) is 12.7 Å². The zero-order valence-electron chi connectivity index (χ0n) is 18.8. The van der Waals surface area contributed by atoms with E-state index in [-0.39, 0.29) is 17.3 Å². The Kier molecular flexibility index (Phi) is 6.33. The van der Waals surface area contributed by atoms with Crippen molar-refractivity contribution < 1.29 is 9.53 Å². The van der Waals surface area contributed by atoms with E-state index in [2.05, 4.69) is 21.8 Å². The van der Waals surface area contributed by atoms with Gasteiger partial charge in [-0.3, -0.25) is 9.48 Å². The summed E-state index contributed by atoms with van der Waals surface area (Å²) in [5.74, 6) is 0. The standard InChI is InChI=1S/C12H11N5O.C10H19NO2/c1-3-8-4-14-17-7-10(15-12(18)11(8)17)9-5-13-16(2)6-9;1-10(2,3)13-9(12)11(4)8-6-5-7-8/h3-7H,1H2,2H3,(H,15,18);8H,5-7H2,1-4H3. The van der Waals surface area contributed by atoms with E-state index in [0.29, 0.717) is 22.8 Å². The van der Waals surface area contributed by atoms with Crippen LogP contribution in [0, 0.1) is 0 Å². The van der Waals surface area contributed by atoms with Crippen LogP contribution in [0.4, 0.5) is 4.79 Å². The highest BCUT2D eigenvalue weighted by molar-refractivity contribution is 5.69. The summed E-state index contributed by atoms with van der Waals surface area (Å²) < 4.78 is 8.47. The second-order valence-corrected chi connectivity index (χ2v) is 8.67. The third kappa shape index (κ3) is 5.22. The van der Waals surface area contributed by atoms with Gasteiger partial charge in [-0.05, 0) is 40.0 Å². The van der Waals surface area contributed by atoms with Gasteiger partial charge in [0.2, 0.25) is 0 Å². The first-order chi connectivity index (χ1) is 14.6. The summed E-state index contributed by atoms with van der Waals surface area (Å²) in [5.41, 5.74) is 2.16. The number of H-pyrrole nitrogens is 1. The van der Waals surface area contributed by atoms with Crippen molar-refractivity contribution in [3.8, 4) is 11.3 Å². The molecule has 0 aliphatic heterocycles. The molecule has 0 unspecified atom stereocenters. The molecule has 3 heterocycles. The number of aromatic amines is 1. The van der Waals surface area contributed by atoms with Crippen LogP contribution >= 0.6 is 0 Å². The molecule has 1 saturated carbocycles. The summed E-state index contributed by atoms with van der Waals surface area (Å²) in [7, 11) is 3.64. The molecule has 0 atom stereocenters. The number of ether oxygens (including phenoxy) is 1. The Balaban J connectivity index is 0.000000187. The van der Waals surface area contributed by atoms with Crippen LogP contribution in [0.2, 0.25) is 0 Å².